The fraction of sp³-hybridized carbons (Fsp3) is 0.304. The summed E-state index contributed by atoms with van der Waals surface area (Å²) in [4.78, 5) is 36.1. The van der Waals surface area contributed by atoms with Gasteiger partial charge < -0.3 is 19.8 Å². The lowest BCUT2D eigenvalue weighted by atomic mass is 10.1. The second kappa shape index (κ2) is 10.5. The molecule has 36 heavy (non-hydrogen) atoms. The van der Waals surface area contributed by atoms with Crippen LogP contribution in [0, 0.1) is 0 Å². The van der Waals surface area contributed by atoms with Crippen molar-refractivity contribution in [2.45, 2.75) is 12.6 Å². The lowest BCUT2D eigenvalue weighted by Crippen LogP contribution is -2.38. The first-order chi connectivity index (χ1) is 17.1. The van der Waals surface area contributed by atoms with Crippen molar-refractivity contribution in [3.8, 4) is 17.0 Å². The van der Waals surface area contributed by atoms with Crippen LogP contribution in [0.2, 0.25) is 0 Å². The summed E-state index contributed by atoms with van der Waals surface area (Å²) < 4.78 is 37.2. The van der Waals surface area contributed by atoms with Crippen LogP contribution >= 0.6 is 11.3 Å². The number of carboxylic acid groups (broad SMARTS) is 1. The molecule has 2 aliphatic heterocycles. The van der Waals surface area contributed by atoms with E-state index in [0.717, 1.165) is 16.8 Å². The number of carbonyl (C=O) groups is 2. The summed E-state index contributed by atoms with van der Waals surface area (Å²) in [6.45, 7) is 3.23. The topological polar surface area (TPSA) is 116 Å². The van der Waals surface area contributed by atoms with Crippen molar-refractivity contribution in [2.24, 2.45) is 0 Å². The Morgan fingerprint density at radius 3 is 2.39 bits per heavy atom. The number of hydrogen-bond acceptors (Lipinski definition) is 8. The number of rotatable bonds is 3. The van der Waals surface area contributed by atoms with Gasteiger partial charge in [0, 0.05) is 30.8 Å². The van der Waals surface area contributed by atoms with Crippen LogP contribution < -0.4 is 9.80 Å². The third-order valence-electron chi connectivity index (χ3n) is 5.45. The van der Waals surface area contributed by atoms with E-state index in [9.17, 15) is 23.1 Å². The van der Waals surface area contributed by atoms with Crippen LogP contribution in [0.15, 0.2) is 41.8 Å². The van der Waals surface area contributed by atoms with E-state index in [4.69, 9.17) is 24.6 Å². The number of fused-ring (bicyclic) bond motifs is 1. The van der Waals surface area contributed by atoms with Gasteiger partial charge in [-0.1, -0.05) is 18.2 Å². The number of ether oxygens (including phenoxy) is 1. The van der Waals surface area contributed by atoms with E-state index in [0.29, 0.717) is 55.9 Å². The van der Waals surface area contributed by atoms with Gasteiger partial charge in [-0.05, 0) is 30.0 Å². The highest BCUT2D eigenvalue weighted by Crippen LogP contribution is 2.37. The molecule has 190 valence electrons. The Morgan fingerprint density at radius 2 is 1.78 bits per heavy atom. The Balaban J connectivity index is 0.000000384. The molecule has 1 aromatic carbocycles. The van der Waals surface area contributed by atoms with Gasteiger partial charge in [0.05, 0.1) is 23.8 Å². The van der Waals surface area contributed by atoms with E-state index in [1.54, 1.807) is 23.1 Å². The van der Waals surface area contributed by atoms with E-state index in [1.165, 1.54) is 11.3 Å². The van der Waals surface area contributed by atoms with Crippen LogP contribution in [-0.4, -0.2) is 71.1 Å². The van der Waals surface area contributed by atoms with Crippen molar-refractivity contribution in [3.05, 3.63) is 52.2 Å². The lowest BCUT2D eigenvalue weighted by molar-refractivity contribution is -0.192. The van der Waals surface area contributed by atoms with Crippen molar-refractivity contribution in [1.82, 2.24) is 9.97 Å². The third kappa shape index (κ3) is 5.57. The molecule has 1 amide bonds. The second-order valence-corrected chi connectivity index (χ2v) is 8.76. The zero-order chi connectivity index (χ0) is 25.9. The van der Waals surface area contributed by atoms with Crippen LogP contribution in [0.3, 0.4) is 0 Å². The predicted molar refractivity (Wildman–Crippen MR) is 126 cm³/mol. The SMILES string of the molecule is O=C(O)C(F)(F)F.O=C(c1cccs1)N1CCc2c(-c3cccc(O)c3)nc(N3CCOCC3)nc21. The van der Waals surface area contributed by atoms with Crippen LogP contribution in [0.25, 0.3) is 11.3 Å². The number of morpholine rings is 1. The highest BCUT2D eigenvalue weighted by molar-refractivity contribution is 7.12. The van der Waals surface area contributed by atoms with Crippen molar-refractivity contribution < 1.29 is 37.7 Å². The number of hydrogen-bond donors (Lipinski definition) is 2. The number of phenolic OH excluding ortho intramolecular Hbond substituents is 1. The number of thiophene rings is 1. The Morgan fingerprint density at radius 1 is 1.06 bits per heavy atom. The van der Waals surface area contributed by atoms with Gasteiger partial charge in [-0.2, -0.15) is 18.2 Å². The molecule has 3 aromatic rings. The van der Waals surface area contributed by atoms with Gasteiger partial charge in [-0.25, -0.2) is 9.78 Å². The van der Waals surface area contributed by atoms with Crippen LogP contribution in [0.1, 0.15) is 15.2 Å². The number of aromatic hydroxyl groups is 1. The largest absolute Gasteiger partial charge is 0.508 e. The average molecular weight is 523 g/mol. The molecule has 1 fully saturated rings. The van der Waals surface area contributed by atoms with Gasteiger partial charge >= 0.3 is 12.1 Å². The molecule has 0 aliphatic carbocycles. The van der Waals surface area contributed by atoms with E-state index in [-0.39, 0.29) is 11.7 Å². The minimum absolute atomic E-state index is 0.0350. The molecular weight excluding hydrogens is 501 g/mol. The number of halogens is 3. The highest BCUT2D eigenvalue weighted by Gasteiger charge is 2.38. The first kappa shape index (κ1) is 25.4. The van der Waals surface area contributed by atoms with Crippen molar-refractivity contribution in [1.29, 1.82) is 0 Å². The minimum Gasteiger partial charge on any atom is -0.508 e. The summed E-state index contributed by atoms with van der Waals surface area (Å²) in [5, 5.41) is 19.0. The first-order valence-electron chi connectivity index (χ1n) is 10.8. The summed E-state index contributed by atoms with van der Waals surface area (Å²) in [7, 11) is 0. The standard InChI is InChI=1S/C21H20N4O3S.C2HF3O2/c26-15-4-1-3-14(13-15)18-16-6-7-25(20(27)17-5-2-12-29-17)19(16)23-21(22-18)24-8-10-28-11-9-24;3-2(4,5)1(6)7/h1-5,12-13,26H,6-11H2;(H,6,7). The number of carboxylic acids is 1. The van der Waals surface area contributed by atoms with Crippen LogP contribution in [-0.2, 0) is 16.0 Å². The molecule has 0 unspecified atom stereocenters. The number of amides is 1. The predicted octanol–water partition coefficient (Wildman–Crippen LogP) is 3.58. The highest BCUT2D eigenvalue weighted by atomic mass is 32.1. The quantitative estimate of drug-likeness (QED) is 0.536. The second-order valence-electron chi connectivity index (χ2n) is 7.81. The van der Waals surface area contributed by atoms with Gasteiger partial charge in [0.15, 0.2) is 0 Å². The van der Waals surface area contributed by atoms with E-state index in [1.807, 2.05) is 23.6 Å². The Hall–Kier alpha value is -3.71. The number of aromatic nitrogens is 2. The van der Waals surface area contributed by atoms with Crippen LogP contribution in [0.4, 0.5) is 24.9 Å². The van der Waals surface area contributed by atoms with Gasteiger partial charge in [-0.3, -0.25) is 9.69 Å². The smallest absolute Gasteiger partial charge is 0.490 e. The Labute approximate surface area is 207 Å². The van der Waals surface area contributed by atoms with Crippen molar-refractivity contribution in [3.63, 3.8) is 0 Å². The fourth-order valence-electron chi connectivity index (χ4n) is 3.77. The maximum atomic E-state index is 13.1. The fourth-order valence-corrected chi connectivity index (χ4v) is 4.44. The maximum Gasteiger partial charge on any atom is 0.490 e. The molecule has 0 radical (unpaired) electrons. The molecule has 9 nitrogen and oxygen atoms in total. The van der Waals surface area contributed by atoms with Crippen molar-refractivity contribution in [2.75, 3.05) is 42.6 Å². The molecule has 0 bridgehead atoms. The third-order valence-corrected chi connectivity index (χ3v) is 6.31. The molecule has 2 aliphatic rings. The number of benzene rings is 1. The molecule has 4 heterocycles. The Kier molecular flexibility index (Phi) is 7.40. The maximum absolute atomic E-state index is 13.1. The monoisotopic (exact) mass is 522 g/mol. The number of alkyl halides is 3. The van der Waals surface area contributed by atoms with Gasteiger partial charge in [0.25, 0.3) is 5.91 Å². The molecule has 2 aromatic heterocycles. The summed E-state index contributed by atoms with van der Waals surface area (Å²) >= 11 is 1.43. The minimum atomic E-state index is -5.08. The van der Waals surface area contributed by atoms with Crippen molar-refractivity contribution >= 4 is 35.0 Å². The van der Waals surface area contributed by atoms with Gasteiger partial charge in [-0.15, -0.1) is 11.3 Å². The molecule has 0 saturated carbocycles. The summed E-state index contributed by atoms with van der Waals surface area (Å²) in [5.74, 6) is -1.35. The van der Waals surface area contributed by atoms with E-state index >= 15 is 0 Å². The average Bonchev–Trinajstić information content (AvgIpc) is 3.54. The number of nitrogens with zero attached hydrogens (tertiary/aromatic N) is 4. The number of carbonyl (C=O) groups excluding carboxylic acids is 1. The lowest BCUT2D eigenvalue weighted by Gasteiger charge is -2.28. The van der Waals surface area contributed by atoms with E-state index in [2.05, 4.69) is 4.90 Å². The summed E-state index contributed by atoms with van der Waals surface area (Å²) in [6, 6.07) is 10.8. The molecule has 1 saturated heterocycles. The van der Waals surface area contributed by atoms with Gasteiger partial charge in [0.1, 0.15) is 11.6 Å². The zero-order valence-electron chi connectivity index (χ0n) is 18.7. The summed E-state index contributed by atoms with van der Waals surface area (Å²) in [6.07, 6.45) is -4.40. The Bertz CT molecular complexity index is 1250. The summed E-state index contributed by atoms with van der Waals surface area (Å²) in [5.41, 5.74) is 2.54. The molecule has 13 heteroatoms. The number of anilines is 2. The van der Waals surface area contributed by atoms with Crippen LogP contribution in [0.5, 0.6) is 5.75 Å². The molecule has 2 N–H and O–H groups in total. The number of phenols is 1. The zero-order valence-corrected chi connectivity index (χ0v) is 19.6. The normalized spacial score (nSPS) is 15.2. The van der Waals surface area contributed by atoms with Gasteiger partial charge in [0.2, 0.25) is 5.95 Å². The molecule has 5 rings (SSSR count). The number of aliphatic carboxylic acids is 1. The van der Waals surface area contributed by atoms with E-state index < -0.39 is 12.1 Å². The molecule has 0 spiro atoms. The molecular formula is C23H21F3N4O5S. The molecule has 0 atom stereocenters. The first-order valence-corrected chi connectivity index (χ1v) is 11.7.